The largest absolute Gasteiger partial charge is 0.426 e. The Morgan fingerprint density at radius 2 is 2.29 bits per heavy atom. The van der Waals surface area contributed by atoms with Crippen LogP contribution in [0.4, 0.5) is 0 Å². The quantitative estimate of drug-likeness (QED) is 0.158. The van der Waals surface area contributed by atoms with Crippen molar-refractivity contribution in [3.05, 3.63) is 23.8 Å². The van der Waals surface area contributed by atoms with Crippen LogP contribution >= 0.6 is 34.6 Å². The van der Waals surface area contributed by atoms with E-state index in [0.29, 0.717) is 21.5 Å². The molecule has 0 saturated carbocycles. The highest BCUT2D eigenvalue weighted by Gasteiger charge is 2.07. The Hall–Kier alpha value is -0.350. The second-order valence-electron chi connectivity index (χ2n) is 3.07. The molecule has 1 aromatic carbocycles. The maximum absolute atomic E-state index is 11.3. The Morgan fingerprint density at radius 1 is 1.53 bits per heavy atom. The standard InChI is InChI=1S/C10H11IO5S/c1-7-2-3-8(14-10(12)4-5-11)6-9(7)17-16-15-13/h2-3,6,13H,4-5H2,1H3. The van der Waals surface area contributed by atoms with Crippen LogP contribution < -0.4 is 4.74 Å². The lowest BCUT2D eigenvalue weighted by atomic mass is 10.2. The van der Waals surface area contributed by atoms with Gasteiger partial charge >= 0.3 is 5.97 Å². The summed E-state index contributed by atoms with van der Waals surface area (Å²) in [5.74, 6) is 0.160. The van der Waals surface area contributed by atoms with E-state index < -0.39 is 0 Å². The number of carbonyl (C=O) groups excluding carboxylic acids is 1. The molecule has 0 aliphatic heterocycles. The lowest BCUT2D eigenvalue weighted by Gasteiger charge is -2.07. The maximum atomic E-state index is 11.3. The topological polar surface area (TPSA) is 65.0 Å². The van der Waals surface area contributed by atoms with Crippen LogP contribution in [0.3, 0.4) is 0 Å². The lowest BCUT2D eigenvalue weighted by molar-refractivity contribution is -0.432. The fourth-order valence-electron chi connectivity index (χ4n) is 1.05. The van der Waals surface area contributed by atoms with E-state index in [2.05, 4.69) is 32.0 Å². The van der Waals surface area contributed by atoms with Gasteiger partial charge in [-0.15, -0.1) is 4.33 Å². The first kappa shape index (κ1) is 14.7. The maximum Gasteiger partial charge on any atom is 0.311 e. The number of aryl methyl sites for hydroxylation is 1. The molecule has 0 spiro atoms. The highest BCUT2D eigenvalue weighted by Crippen LogP contribution is 2.27. The van der Waals surface area contributed by atoms with Crippen LogP contribution in [0.2, 0.25) is 0 Å². The van der Waals surface area contributed by atoms with Crippen molar-refractivity contribution < 1.29 is 24.2 Å². The Kier molecular flexibility index (Phi) is 6.82. The minimum atomic E-state index is -0.279. The summed E-state index contributed by atoms with van der Waals surface area (Å²) in [7, 11) is 0. The first-order valence-corrected chi connectivity index (χ1v) is 6.96. The number of ether oxygens (including phenoxy) is 1. The summed E-state index contributed by atoms with van der Waals surface area (Å²) >= 11 is 2.94. The molecule has 0 saturated heterocycles. The van der Waals surface area contributed by atoms with Gasteiger partial charge in [0.1, 0.15) is 5.75 Å². The molecule has 1 aromatic rings. The summed E-state index contributed by atoms with van der Waals surface area (Å²) in [4.78, 5) is 12.0. The van der Waals surface area contributed by atoms with E-state index >= 15 is 0 Å². The number of alkyl halides is 1. The summed E-state index contributed by atoms with van der Waals surface area (Å²) in [6, 6.07) is 5.13. The third-order valence-corrected chi connectivity index (χ3v) is 3.13. The summed E-state index contributed by atoms with van der Waals surface area (Å²) < 4.78 is 10.2. The van der Waals surface area contributed by atoms with Crippen molar-refractivity contribution in [2.24, 2.45) is 0 Å². The summed E-state index contributed by atoms with van der Waals surface area (Å²) in [6.07, 6.45) is 0.368. The van der Waals surface area contributed by atoms with Crippen LogP contribution in [0.25, 0.3) is 0 Å². The Bertz CT molecular complexity index is 385. The number of hydrogen-bond acceptors (Lipinski definition) is 6. The highest BCUT2D eigenvalue weighted by atomic mass is 127. The molecule has 0 bridgehead atoms. The first-order valence-electron chi connectivity index (χ1n) is 4.69. The highest BCUT2D eigenvalue weighted by molar-refractivity contribution is 14.1. The Labute approximate surface area is 117 Å². The zero-order chi connectivity index (χ0) is 12.7. The number of rotatable bonds is 6. The molecule has 1 rings (SSSR count). The van der Waals surface area contributed by atoms with E-state index in [1.54, 1.807) is 18.2 Å². The molecule has 5 nitrogen and oxygen atoms in total. The van der Waals surface area contributed by atoms with Gasteiger partial charge in [-0.2, -0.15) is 0 Å². The smallest absolute Gasteiger partial charge is 0.311 e. The van der Waals surface area contributed by atoms with Gasteiger partial charge in [-0.3, -0.25) is 4.79 Å². The van der Waals surface area contributed by atoms with E-state index in [-0.39, 0.29) is 5.97 Å². The van der Waals surface area contributed by atoms with Gasteiger partial charge in [-0.05, 0) is 24.6 Å². The zero-order valence-corrected chi connectivity index (χ0v) is 12.0. The van der Waals surface area contributed by atoms with Gasteiger partial charge in [-0.1, -0.05) is 33.7 Å². The molecule has 0 unspecified atom stereocenters. The molecule has 94 valence electrons. The number of esters is 1. The molecule has 0 aliphatic carbocycles. The molecule has 17 heavy (non-hydrogen) atoms. The van der Waals surface area contributed by atoms with Gasteiger partial charge < -0.3 is 4.74 Å². The van der Waals surface area contributed by atoms with Crippen LogP contribution in [0.5, 0.6) is 5.75 Å². The van der Waals surface area contributed by atoms with Crippen molar-refractivity contribution in [1.82, 2.24) is 0 Å². The van der Waals surface area contributed by atoms with Crippen molar-refractivity contribution in [3.8, 4) is 5.75 Å². The SMILES string of the molecule is Cc1ccc(OC(=O)CCI)cc1SOOO. The second kappa shape index (κ2) is 7.88. The second-order valence-corrected chi connectivity index (χ2v) is 4.89. The van der Waals surface area contributed by atoms with Crippen molar-refractivity contribution in [3.63, 3.8) is 0 Å². The fraction of sp³-hybridized carbons (Fsp3) is 0.300. The normalized spacial score (nSPS) is 10.3. The fourth-order valence-corrected chi connectivity index (χ4v) is 1.95. The molecule has 0 fully saturated rings. The molecular formula is C10H11IO5S. The zero-order valence-electron chi connectivity index (χ0n) is 9.01. The van der Waals surface area contributed by atoms with Gasteiger partial charge in [0.15, 0.2) is 0 Å². The number of halogens is 1. The van der Waals surface area contributed by atoms with E-state index in [1.807, 2.05) is 6.92 Å². The average Bonchev–Trinajstić information content (AvgIpc) is 2.30. The minimum Gasteiger partial charge on any atom is -0.426 e. The number of hydrogen-bond donors (Lipinski definition) is 1. The third kappa shape index (κ3) is 5.21. The molecule has 0 aliphatic rings. The molecule has 7 heteroatoms. The Balaban J connectivity index is 2.70. The van der Waals surface area contributed by atoms with Crippen LogP contribution in [-0.2, 0) is 14.2 Å². The van der Waals surface area contributed by atoms with Crippen LogP contribution in [0, 0.1) is 6.92 Å². The number of benzene rings is 1. The molecule has 0 aromatic heterocycles. The van der Waals surface area contributed by atoms with Crippen LogP contribution in [0.1, 0.15) is 12.0 Å². The van der Waals surface area contributed by atoms with E-state index in [9.17, 15) is 4.79 Å². The van der Waals surface area contributed by atoms with Gasteiger partial charge in [0.2, 0.25) is 0 Å². The predicted octanol–water partition coefficient (Wildman–Crippen LogP) is 3.15. The number of carbonyl (C=O) groups is 1. The Morgan fingerprint density at radius 3 is 2.94 bits per heavy atom. The van der Waals surface area contributed by atoms with E-state index in [0.717, 1.165) is 17.6 Å². The third-order valence-electron chi connectivity index (χ3n) is 1.84. The molecule has 0 amide bonds. The minimum absolute atomic E-state index is 0.279. The monoisotopic (exact) mass is 370 g/mol. The first-order chi connectivity index (χ1) is 8.17. The summed E-state index contributed by atoms with van der Waals surface area (Å²) in [5, 5.41) is 11.6. The van der Waals surface area contributed by atoms with Crippen molar-refractivity contribution in [2.75, 3.05) is 4.43 Å². The molecular weight excluding hydrogens is 359 g/mol. The van der Waals surface area contributed by atoms with Gasteiger partial charge in [0, 0.05) is 9.32 Å². The van der Waals surface area contributed by atoms with Crippen molar-refractivity contribution >= 4 is 40.6 Å². The lowest BCUT2D eigenvalue weighted by Crippen LogP contribution is -2.08. The van der Waals surface area contributed by atoms with Gasteiger partial charge in [0.25, 0.3) is 0 Å². The summed E-state index contributed by atoms with van der Waals surface area (Å²) in [6.45, 7) is 1.86. The molecule has 0 heterocycles. The average molecular weight is 370 g/mol. The van der Waals surface area contributed by atoms with E-state index in [1.165, 1.54) is 0 Å². The molecule has 1 N–H and O–H groups in total. The summed E-state index contributed by atoms with van der Waals surface area (Å²) in [5.41, 5.74) is 0.917. The van der Waals surface area contributed by atoms with Crippen molar-refractivity contribution in [1.29, 1.82) is 0 Å². The van der Waals surface area contributed by atoms with Crippen LogP contribution in [-0.4, -0.2) is 15.7 Å². The van der Waals surface area contributed by atoms with Crippen molar-refractivity contribution in [2.45, 2.75) is 18.2 Å². The van der Waals surface area contributed by atoms with E-state index in [4.69, 9.17) is 9.99 Å². The molecule has 0 radical (unpaired) electrons. The van der Waals surface area contributed by atoms with Gasteiger partial charge in [0.05, 0.1) is 18.5 Å². The molecule has 0 atom stereocenters. The van der Waals surface area contributed by atoms with Crippen LogP contribution in [0.15, 0.2) is 23.1 Å². The van der Waals surface area contributed by atoms with Gasteiger partial charge in [-0.25, -0.2) is 5.26 Å². The predicted molar refractivity (Wildman–Crippen MR) is 71.0 cm³/mol.